The molecule has 194 valence electrons. The summed E-state index contributed by atoms with van der Waals surface area (Å²) in [5, 5.41) is 19.2. The van der Waals surface area contributed by atoms with Crippen molar-refractivity contribution >= 4 is 11.9 Å². The third-order valence-electron chi connectivity index (χ3n) is 6.05. The Morgan fingerprint density at radius 2 is 1.09 bits per heavy atom. The minimum absolute atomic E-state index is 0.193. The van der Waals surface area contributed by atoms with Gasteiger partial charge < -0.3 is 19.7 Å². The van der Waals surface area contributed by atoms with Gasteiger partial charge in [0.05, 0.1) is 18.6 Å². The van der Waals surface area contributed by atoms with Gasteiger partial charge in [-0.15, -0.1) is 0 Å². The lowest BCUT2D eigenvalue weighted by molar-refractivity contribution is -0.157. The summed E-state index contributed by atoms with van der Waals surface area (Å²) in [6.45, 7) is 5.91. The molecule has 33 heavy (non-hydrogen) atoms. The molecule has 0 rings (SSSR count). The van der Waals surface area contributed by atoms with Crippen molar-refractivity contribution in [3.63, 3.8) is 0 Å². The van der Waals surface area contributed by atoms with Gasteiger partial charge in [0.1, 0.15) is 13.2 Å². The van der Waals surface area contributed by atoms with Crippen molar-refractivity contribution in [1.29, 1.82) is 0 Å². The number of carbonyl (C=O) groups excluding carboxylic acids is 2. The summed E-state index contributed by atoms with van der Waals surface area (Å²) in [5.74, 6) is -0.965. The first-order chi connectivity index (χ1) is 15.9. The molecule has 0 bridgehead atoms. The van der Waals surface area contributed by atoms with Crippen molar-refractivity contribution < 1.29 is 29.3 Å². The van der Waals surface area contributed by atoms with E-state index in [0.29, 0.717) is 6.42 Å². The van der Waals surface area contributed by atoms with Gasteiger partial charge in [0, 0.05) is 12.0 Å². The van der Waals surface area contributed by atoms with Gasteiger partial charge in [-0.3, -0.25) is 4.79 Å². The molecule has 0 aromatic rings. The van der Waals surface area contributed by atoms with Gasteiger partial charge in [-0.05, 0) is 13.3 Å². The number of carbonyl (C=O) groups is 2. The largest absolute Gasteiger partial charge is 0.465 e. The maximum atomic E-state index is 12.0. The van der Waals surface area contributed by atoms with E-state index in [1.165, 1.54) is 84.0 Å². The highest BCUT2D eigenvalue weighted by atomic mass is 16.5. The summed E-state index contributed by atoms with van der Waals surface area (Å²) in [7, 11) is 0. The van der Waals surface area contributed by atoms with Crippen molar-refractivity contribution in [2.75, 3.05) is 26.4 Å². The fraction of sp³-hybridized carbons (Fsp3) is 0.852. The van der Waals surface area contributed by atoms with Gasteiger partial charge in [0.25, 0.3) is 0 Å². The Hall–Kier alpha value is -1.40. The zero-order valence-electron chi connectivity index (χ0n) is 21.4. The molecule has 0 aromatic heterocycles. The van der Waals surface area contributed by atoms with Crippen molar-refractivity contribution in [2.45, 2.75) is 117 Å². The number of hydrogen-bond donors (Lipinski definition) is 2. The van der Waals surface area contributed by atoms with Crippen molar-refractivity contribution in [1.82, 2.24) is 0 Å². The Labute approximate surface area is 202 Å². The molecule has 0 atom stereocenters. The highest BCUT2D eigenvalue weighted by Crippen LogP contribution is 2.19. The van der Waals surface area contributed by atoms with Crippen LogP contribution < -0.4 is 0 Å². The van der Waals surface area contributed by atoms with Crippen LogP contribution in [0.25, 0.3) is 0 Å². The number of hydrogen-bond acceptors (Lipinski definition) is 6. The Kier molecular flexibility index (Phi) is 20.3. The summed E-state index contributed by atoms with van der Waals surface area (Å²) in [6, 6.07) is 0. The molecule has 0 unspecified atom stereocenters. The summed E-state index contributed by atoms with van der Waals surface area (Å²) in [5.41, 5.74) is -0.972. The number of unbranched alkanes of at least 4 members (excludes halogenated alkanes) is 14. The van der Waals surface area contributed by atoms with Crippen LogP contribution >= 0.6 is 0 Å². The van der Waals surface area contributed by atoms with E-state index >= 15 is 0 Å². The summed E-state index contributed by atoms with van der Waals surface area (Å²) in [6.07, 6.45) is 19.3. The topological polar surface area (TPSA) is 93.1 Å². The van der Waals surface area contributed by atoms with E-state index in [4.69, 9.17) is 9.47 Å². The van der Waals surface area contributed by atoms with E-state index in [1.54, 1.807) is 0 Å². The highest BCUT2D eigenvalue weighted by Gasteiger charge is 2.33. The molecule has 2 N–H and O–H groups in total. The fourth-order valence-electron chi connectivity index (χ4n) is 3.56. The maximum absolute atomic E-state index is 12.0. The van der Waals surface area contributed by atoms with Gasteiger partial charge in [-0.2, -0.15) is 0 Å². The van der Waals surface area contributed by atoms with Gasteiger partial charge in [-0.1, -0.05) is 103 Å². The lowest BCUT2D eigenvalue weighted by Gasteiger charge is -2.28. The van der Waals surface area contributed by atoms with E-state index in [9.17, 15) is 19.8 Å². The molecule has 0 fully saturated rings. The van der Waals surface area contributed by atoms with E-state index in [2.05, 4.69) is 13.5 Å². The number of rotatable bonds is 23. The molecular weight excluding hydrogens is 420 g/mol. The van der Waals surface area contributed by atoms with Crippen LogP contribution in [0.15, 0.2) is 12.2 Å². The smallest absolute Gasteiger partial charge is 0.333 e. The number of aliphatic hydroxyl groups excluding tert-OH is 2. The van der Waals surface area contributed by atoms with Crippen LogP contribution in [-0.2, 0) is 19.1 Å². The van der Waals surface area contributed by atoms with Crippen LogP contribution in [0.1, 0.15) is 117 Å². The third kappa shape index (κ3) is 17.7. The minimum Gasteiger partial charge on any atom is -0.465 e. The molecule has 0 saturated carbocycles. The lowest BCUT2D eigenvalue weighted by atomic mass is 9.92. The predicted molar refractivity (Wildman–Crippen MR) is 133 cm³/mol. The zero-order chi connectivity index (χ0) is 24.8. The Balaban J connectivity index is 3.69. The van der Waals surface area contributed by atoms with E-state index in [1.807, 2.05) is 0 Å². The first-order valence-electron chi connectivity index (χ1n) is 13.1. The SMILES string of the molecule is C=C(C)C(=O)OCC(CO)(CO)COC(=O)CCCCCCCCCCCCCCCCC. The average molecular weight is 471 g/mol. The van der Waals surface area contributed by atoms with Crippen LogP contribution in [0.3, 0.4) is 0 Å². The second kappa shape index (κ2) is 21.2. The molecule has 0 aliphatic rings. The molecular formula is C27H50O6. The number of ether oxygens (including phenoxy) is 2. The average Bonchev–Trinajstić information content (AvgIpc) is 2.81. The second-order valence-corrected chi connectivity index (χ2v) is 9.53. The van der Waals surface area contributed by atoms with Crippen molar-refractivity contribution in [2.24, 2.45) is 5.41 Å². The zero-order valence-corrected chi connectivity index (χ0v) is 21.4. The molecule has 0 saturated heterocycles. The maximum Gasteiger partial charge on any atom is 0.333 e. The molecule has 0 spiro atoms. The van der Waals surface area contributed by atoms with Gasteiger partial charge in [-0.25, -0.2) is 4.79 Å². The predicted octanol–water partition coefficient (Wildman–Crippen LogP) is 5.88. The third-order valence-corrected chi connectivity index (χ3v) is 6.05. The van der Waals surface area contributed by atoms with E-state index in [-0.39, 0.29) is 24.8 Å². The summed E-state index contributed by atoms with van der Waals surface area (Å²) < 4.78 is 10.3. The molecule has 0 aromatic carbocycles. The minimum atomic E-state index is -1.20. The van der Waals surface area contributed by atoms with Gasteiger partial charge >= 0.3 is 11.9 Å². The molecule has 6 nitrogen and oxygen atoms in total. The summed E-state index contributed by atoms with van der Waals surface area (Å²) >= 11 is 0. The lowest BCUT2D eigenvalue weighted by Crippen LogP contribution is -2.41. The van der Waals surface area contributed by atoms with E-state index < -0.39 is 24.6 Å². The van der Waals surface area contributed by atoms with Crippen LogP contribution in [-0.4, -0.2) is 48.6 Å². The first-order valence-corrected chi connectivity index (χ1v) is 13.1. The summed E-state index contributed by atoms with van der Waals surface area (Å²) in [4.78, 5) is 23.5. The Morgan fingerprint density at radius 3 is 1.48 bits per heavy atom. The molecule has 0 aliphatic carbocycles. The van der Waals surface area contributed by atoms with Gasteiger partial charge in [0.15, 0.2) is 0 Å². The second-order valence-electron chi connectivity index (χ2n) is 9.53. The molecule has 0 aliphatic heterocycles. The van der Waals surface area contributed by atoms with Gasteiger partial charge in [0.2, 0.25) is 0 Å². The molecule has 0 heterocycles. The normalized spacial score (nSPS) is 11.4. The quantitative estimate of drug-likeness (QED) is 0.110. The number of aliphatic hydroxyl groups is 2. The van der Waals surface area contributed by atoms with Crippen molar-refractivity contribution in [3.05, 3.63) is 12.2 Å². The van der Waals surface area contributed by atoms with Crippen LogP contribution in [0.2, 0.25) is 0 Å². The van der Waals surface area contributed by atoms with Crippen LogP contribution in [0.4, 0.5) is 0 Å². The Bertz CT molecular complexity index is 513. The monoisotopic (exact) mass is 470 g/mol. The standard InChI is InChI=1S/C27H50O6/c1-4-5-6-7-8-9-10-11-12-13-14-15-16-17-18-19-25(30)32-22-27(20-28,21-29)23-33-26(31)24(2)3/h28-29H,2,4-23H2,1,3H3. The molecule has 6 heteroatoms. The van der Waals surface area contributed by atoms with Crippen LogP contribution in [0, 0.1) is 5.41 Å². The van der Waals surface area contributed by atoms with Crippen molar-refractivity contribution in [3.8, 4) is 0 Å². The van der Waals surface area contributed by atoms with Crippen LogP contribution in [0.5, 0.6) is 0 Å². The van der Waals surface area contributed by atoms with E-state index in [0.717, 1.165) is 19.3 Å². The number of esters is 2. The fourth-order valence-corrected chi connectivity index (χ4v) is 3.56. The Morgan fingerprint density at radius 1 is 0.697 bits per heavy atom. The highest BCUT2D eigenvalue weighted by molar-refractivity contribution is 5.86. The molecule has 0 amide bonds. The molecule has 0 radical (unpaired) electrons. The first kappa shape index (κ1) is 31.6.